The second kappa shape index (κ2) is 17.5. The number of amides is 1. The fourth-order valence-electron chi connectivity index (χ4n) is 4.69. The standard InChI is InChI=1S/C32H45ClN2O2S/c1-3-4-5-6-7-8-9-10-11-12-13-14-20-37-31-22-29(33)18-19-30(31)34-32(36)28-17-15-16-27(21-28)24-35-23-26(2)38-25-35/h15-19,21-23H,3-14,20,24-25H2,1-2H3,(H,34,36). The molecule has 38 heavy (non-hydrogen) atoms. The Morgan fingerprint density at radius 3 is 2.29 bits per heavy atom. The minimum atomic E-state index is -0.146. The lowest BCUT2D eigenvalue weighted by Crippen LogP contribution is -2.15. The molecule has 0 fully saturated rings. The van der Waals surface area contributed by atoms with Crippen molar-refractivity contribution in [3.63, 3.8) is 0 Å². The Morgan fingerprint density at radius 1 is 0.947 bits per heavy atom. The number of benzene rings is 2. The third-order valence-corrected chi connectivity index (χ3v) is 8.10. The molecule has 0 atom stereocenters. The number of allylic oxidation sites excluding steroid dienone is 1. The van der Waals surface area contributed by atoms with E-state index in [1.807, 2.05) is 36.0 Å². The molecule has 4 nitrogen and oxygen atoms in total. The van der Waals surface area contributed by atoms with Gasteiger partial charge in [-0.05, 0) is 48.1 Å². The summed E-state index contributed by atoms with van der Waals surface area (Å²) in [7, 11) is 0. The molecular formula is C32H45ClN2O2S. The Balaban J connectivity index is 1.38. The number of carbonyl (C=O) groups is 1. The Bertz CT molecular complexity index is 1030. The van der Waals surface area contributed by atoms with Gasteiger partial charge in [0.2, 0.25) is 0 Å². The first-order valence-corrected chi connectivity index (χ1v) is 15.8. The van der Waals surface area contributed by atoms with Crippen LogP contribution in [0.3, 0.4) is 0 Å². The van der Waals surface area contributed by atoms with E-state index < -0.39 is 0 Å². The normalized spacial score (nSPS) is 13.0. The lowest BCUT2D eigenvalue weighted by Gasteiger charge is -2.16. The van der Waals surface area contributed by atoms with Crippen LogP contribution in [0.2, 0.25) is 5.02 Å². The number of nitrogens with one attached hydrogen (secondary N) is 1. The number of nitrogens with zero attached hydrogens (tertiary/aromatic N) is 1. The van der Waals surface area contributed by atoms with Crippen LogP contribution in [-0.2, 0) is 6.54 Å². The average molecular weight is 557 g/mol. The van der Waals surface area contributed by atoms with Gasteiger partial charge in [0, 0.05) is 29.4 Å². The highest BCUT2D eigenvalue weighted by atomic mass is 35.5. The zero-order valence-corrected chi connectivity index (χ0v) is 24.8. The molecule has 6 heteroatoms. The highest BCUT2D eigenvalue weighted by Crippen LogP contribution is 2.29. The number of hydrogen-bond acceptors (Lipinski definition) is 4. The van der Waals surface area contributed by atoms with Crippen molar-refractivity contribution < 1.29 is 9.53 Å². The molecule has 208 valence electrons. The fourth-order valence-corrected chi connectivity index (χ4v) is 5.61. The van der Waals surface area contributed by atoms with Crippen molar-refractivity contribution in [2.24, 2.45) is 0 Å². The Labute approximate surface area is 239 Å². The van der Waals surface area contributed by atoms with E-state index in [1.54, 1.807) is 12.1 Å². The van der Waals surface area contributed by atoms with Gasteiger partial charge in [-0.2, -0.15) is 0 Å². The van der Waals surface area contributed by atoms with Crippen LogP contribution in [-0.4, -0.2) is 23.3 Å². The van der Waals surface area contributed by atoms with Crippen molar-refractivity contribution in [2.45, 2.75) is 97.4 Å². The maximum Gasteiger partial charge on any atom is 0.255 e. The molecule has 0 aliphatic carbocycles. The predicted molar refractivity (Wildman–Crippen MR) is 164 cm³/mol. The molecular weight excluding hydrogens is 512 g/mol. The maximum atomic E-state index is 13.1. The van der Waals surface area contributed by atoms with E-state index in [1.165, 1.54) is 69.1 Å². The first-order valence-electron chi connectivity index (χ1n) is 14.4. The van der Waals surface area contributed by atoms with Gasteiger partial charge in [-0.15, -0.1) is 11.8 Å². The van der Waals surface area contributed by atoms with Gasteiger partial charge in [0.15, 0.2) is 0 Å². The summed E-state index contributed by atoms with van der Waals surface area (Å²) in [5, 5.41) is 3.63. The Hall–Kier alpha value is -2.11. The SMILES string of the molecule is CCCCCCCCCCCCCCOc1cc(Cl)ccc1NC(=O)c1cccc(CN2C=C(C)SC2)c1. The number of thioether (sulfide) groups is 1. The molecule has 2 aromatic carbocycles. The van der Waals surface area contributed by atoms with Crippen molar-refractivity contribution in [1.29, 1.82) is 0 Å². The molecule has 3 rings (SSSR count). The molecule has 0 saturated heterocycles. The van der Waals surface area contributed by atoms with E-state index in [2.05, 4.69) is 36.3 Å². The first-order chi connectivity index (χ1) is 18.5. The van der Waals surface area contributed by atoms with Crippen molar-refractivity contribution in [2.75, 3.05) is 17.8 Å². The van der Waals surface area contributed by atoms with Crippen molar-refractivity contribution >= 4 is 35.0 Å². The second-order valence-electron chi connectivity index (χ2n) is 10.3. The van der Waals surface area contributed by atoms with Gasteiger partial charge in [0.05, 0.1) is 18.2 Å². The van der Waals surface area contributed by atoms with Gasteiger partial charge >= 0.3 is 0 Å². The first kappa shape index (κ1) is 30.4. The highest BCUT2D eigenvalue weighted by Gasteiger charge is 2.14. The summed E-state index contributed by atoms with van der Waals surface area (Å²) in [6.07, 6.45) is 17.9. The molecule has 0 saturated carbocycles. The van der Waals surface area contributed by atoms with Crippen LogP contribution in [0.25, 0.3) is 0 Å². The summed E-state index contributed by atoms with van der Waals surface area (Å²) < 4.78 is 6.05. The molecule has 0 spiro atoms. The number of unbranched alkanes of at least 4 members (excludes halogenated alkanes) is 11. The summed E-state index contributed by atoms with van der Waals surface area (Å²) in [6.45, 7) is 5.81. The predicted octanol–water partition coefficient (Wildman–Crippen LogP) is 10.0. The van der Waals surface area contributed by atoms with Crippen LogP contribution in [0.1, 0.15) is 107 Å². The molecule has 0 radical (unpaired) electrons. The average Bonchev–Trinajstić information content (AvgIpc) is 3.32. The van der Waals surface area contributed by atoms with Gasteiger partial charge in [-0.3, -0.25) is 4.79 Å². The van der Waals surface area contributed by atoms with Crippen LogP contribution >= 0.6 is 23.4 Å². The minimum absolute atomic E-state index is 0.146. The molecule has 1 amide bonds. The Morgan fingerprint density at radius 2 is 1.63 bits per heavy atom. The number of rotatable bonds is 18. The lowest BCUT2D eigenvalue weighted by molar-refractivity contribution is 0.102. The Kier molecular flexibility index (Phi) is 14.0. The molecule has 1 aliphatic rings. The van der Waals surface area contributed by atoms with Gasteiger partial charge < -0.3 is 15.0 Å². The van der Waals surface area contributed by atoms with E-state index >= 15 is 0 Å². The van der Waals surface area contributed by atoms with E-state index in [9.17, 15) is 4.79 Å². The van der Waals surface area contributed by atoms with Crippen molar-refractivity contribution in [3.8, 4) is 5.75 Å². The number of hydrogen-bond donors (Lipinski definition) is 1. The van der Waals surface area contributed by atoms with Crippen LogP contribution in [0.4, 0.5) is 5.69 Å². The molecule has 0 unspecified atom stereocenters. The smallest absolute Gasteiger partial charge is 0.255 e. The zero-order valence-electron chi connectivity index (χ0n) is 23.3. The lowest BCUT2D eigenvalue weighted by atomic mass is 10.1. The summed E-state index contributed by atoms with van der Waals surface area (Å²) in [5.41, 5.74) is 2.40. The van der Waals surface area contributed by atoms with E-state index in [4.69, 9.17) is 16.3 Å². The molecule has 1 N–H and O–H groups in total. The molecule has 0 aromatic heterocycles. The highest BCUT2D eigenvalue weighted by molar-refractivity contribution is 8.03. The molecule has 1 aliphatic heterocycles. The fraction of sp³-hybridized carbons (Fsp3) is 0.531. The number of carbonyl (C=O) groups excluding carboxylic acids is 1. The van der Waals surface area contributed by atoms with Gasteiger partial charge in [-0.25, -0.2) is 0 Å². The summed E-state index contributed by atoms with van der Waals surface area (Å²) in [6, 6.07) is 13.2. The second-order valence-corrected chi connectivity index (χ2v) is 11.9. The molecule has 1 heterocycles. The zero-order chi connectivity index (χ0) is 27.0. The third kappa shape index (κ3) is 11.3. The number of ether oxygens (including phenoxy) is 1. The number of anilines is 1. The van der Waals surface area contributed by atoms with Crippen LogP contribution in [0, 0.1) is 0 Å². The maximum absolute atomic E-state index is 13.1. The summed E-state index contributed by atoms with van der Waals surface area (Å²) >= 11 is 8.08. The van der Waals surface area contributed by atoms with Crippen molar-refractivity contribution in [3.05, 3.63) is 69.7 Å². The summed E-state index contributed by atoms with van der Waals surface area (Å²) in [5.74, 6) is 1.43. The number of halogens is 1. The largest absolute Gasteiger partial charge is 0.491 e. The van der Waals surface area contributed by atoms with E-state index in [-0.39, 0.29) is 5.91 Å². The quantitative estimate of drug-likeness (QED) is 0.185. The van der Waals surface area contributed by atoms with Crippen LogP contribution in [0.5, 0.6) is 5.75 Å². The summed E-state index contributed by atoms with van der Waals surface area (Å²) in [4.78, 5) is 16.6. The molecule has 0 bridgehead atoms. The topological polar surface area (TPSA) is 41.6 Å². The monoisotopic (exact) mass is 556 g/mol. The van der Waals surface area contributed by atoms with E-state index in [0.29, 0.717) is 28.6 Å². The van der Waals surface area contributed by atoms with Crippen LogP contribution in [0.15, 0.2) is 53.6 Å². The van der Waals surface area contributed by atoms with Crippen molar-refractivity contribution in [1.82, 2.24) is 4.90 Å². The van der Waals surface area contributed by atoms with Crippen LogP contribution < -0.4 is 10.1 Å². The molecule has 2 aromatic rings. The third-order valence-electron chi connectivity index (χ3n) is 6.84. The van der Waals surface area contributed by atoms with Gasteiger partial charge in [-0.1, -0.05) is 101 Å². The van der Waals surface area contributed by atoms with Gasteiger partial charge in [0.25, 0.3) is 5.91 Å². The minimum Gasteiger partial charge on any atom is -0.491 e. The van der Waals surface area contributed by atoms with Gasteiger partial charge in [0.1, 0.15) is 5.75 Å². The van der Waals surface area contributed by atoms with E-state index in [0.717, 1.165) is 30.8 Å².